The zero-order valence-corrected chi connectivity index (χ0v) is 11.1. The van der Waals surface area contributed by atoms with E-state index in [-0.39, 0.29) is 5.92 Å². The highest BCUT2D eigenvalue weighted by Crippen LogP contribution is 2.35. The van der Waals surface area contributed by atoms with Gasteiger partial charge in [-0.25, -0.2) is 0 Å². The average Bonchev–Trinajstić information content (AvgIpc) is 2.73. The molecule has 1 aliphatic rings. The van der Waals surface area contributed by atoms with Crippen molar-refractivity contribution in [2.24, 2.45) is 5.92 Å². The number of ketones is 1. The van der Waals surface area contributed by atoms with Crippen LogP contribution in [0, 0.1) is 5.92 Å². The monoisotopic (exact) mass is 241 g/mol. The molecule has 0 fully saturated rings. The second-order valence-corrected chi connectivity index (χ2v) is 5.09. The predicted octanol–water partition coefficient (Wildman–Crippen LogP) is 3.82. The zero-order chi connectivity index (χ0) is 12.7. The Labute approximate surface area is 108 Å². The number of benzene rings is 1. The van der Waals surface area contributed by atoms with E-state index >= 15 is 0 Å². The lowest BCUT2D eigenvalue weighted by atomic mass is 9.83. The van der Waals surface area contributed by atoms with Crippen LogP contribution < -0.4 is 0 Å². The lowest BCUT2D eigenvalue weighted by Gasteiger charge is -2.21. The molecule has 94 valence electrons. The molecule has 0 aliphatic heterocycles. The summed E-state index contributed by atoms with van der Waals surface area (Å²) in [7, 11) is 0. The third-order valence-corrected chi connectivity index (χ3v) is 4.23. The Hall–Kier alpha value is -1.57. The molecule has 1 atom stereocenters. The minimum atomic E-state index is 0.230. The van der Waals surface area contributed by atoms with Gasteiger partial charge in [-0.05, 0) is 32.3 Å². The van der Waals surface area contributed by atoms with Crippen LogP contribution in [-0.4, -0.2) is 10.4 Å². The highest BCUT2D eigenvalue weighted by atomic mass is 16.1. The van der Waals surface area contributed by atoms with Gasteiger partial charge in [0.15, 0.2) is 5.78 Å². The van der Waals surface area contributed by atoms with Gasteiger partial charge in [0.1, 0.15) is 0 Å². The summed E-state index contributed by atoms with van der Waals surface area (Å²) in [6.45, 7) is 5.22. The predicted molar refractivity (Wildman–Crippen MR) is 74.0 cm³/mol. The van der Waals surface area contributed by atoms with Crippen molar-refractivity contribution in [2.75, 3.05) is 0 Å². The summed E-state index contributed by atoms with van der Waals surface area (Å²) in [5.41, 5.74) is 3.48. The Morgan fingerprint density at radius 3 is 2.78 bits per heavy atom. The normalized spacial score (nSPS) is 19.2. The van der Waals surface area contributed by atoms with Crippen molar-refractivity contribution >= 4 is 16.7 Å². The van der Waals surface area contributed by atoms with Crippen molar-refractivity contribution in [1.82, 2.24) is 4.57 Å². The highest BCUT2D eigenvalue weighted by Gasteiger charge is 2.30. The van der Waals surface area contributed by atoms with Gasteiger partial charge in [-0.15, -0.1) is 0 Å². The molecule has 1 aromatic heterocycles. The number of para-hydroxylation sites is 1. The number of aromatic nitrogens is 1. The maximum Gasteiger partial charge on any atom is 0.168 e. The van der Waals surface area contributed by atoms with Crippen molar-refractivity contribution < 1.29 is 4.79 Å². The van der Waals surface area contributed by atoms with Gasteiger partial charge >= 0.3 is 0 Å². The summed E-state index contributed by atoms with van der Waals surface area (Å²) in [6, 6.07) is 8.31. The molecule has 0 amide bonds. The SMILES string of the molecule is CCC1CCc2c(c3ccccc3n2CC)C1=O. The molecular weight excluding hydrogens is 222 g/mol. The summed E-state index contributed by atoms with van der Waals surface area (Å²) >= 11 is 0. The molecule has 0 spiro atoms. The molecule has 3 rings (SSSR count). The minimum Gasteiger partial charge on any atom is -0.344 e. The number of hydrogen-bond acceptors (Lipinski definition) is 1. The van der Waals surface area contributed by atoms with Crippen molar-refractivity contribution in [3.05, 3.63) is 35.5 Å². The van der Waals surface area contributed by atoms with E-state index in [1.807, 2.05) is 6.07 Å². The molecule has 2 nitrogen and oxygen atoms in total. The number of aryl methyl sites for hydroxylation is 1. The standard InChI is InChI=1S/C16H19NO/c1-3-11-9-10-14-15(16(11)18)12-7-5-6-8-13(12)17(14)4-2/h5-8,11H,3-4,9-10H2,1-2H3. The van der Waals surface area contributed by atoms with Crippen molar-refractivity contribution in [3.8, 4) is 0 Å². The van der Waals surface area contributed by atoms with Gasteiger partial charge in [0, 0.05) is 34.6 Å². The average molecular weight is 241 g/mol. The van der Waals surface area contributed by atoms with Gasteiger partial charge in [0.25, 0.3) is 0 Å². The van der Waals surface area contributed by atoms with E-state index in [2.05, 4.69) is 36.6 Å². The number of hydrogen-bond donors (Lipinski definition) is 0. The molecule has 1 aliphatic carbocycles. The fraction of sp³-hybridized carbons (Fsp3) is 0.438. The molecule has 0 saturated heterocycles. The Morgan fingerprint density at radius 1 is 1.28 bits per heavy atom. The first-order chi connectivity index (χ1) is 8.77. The summed E-state index contributed by atoms with van der Waals surface area (Å²) in [5.74, 6) is 0.593. The summed E-state index contributed by atoms with van der Waals surface area (Å²) in [5, 5.41) is 1.15. The van der Waals surface area contributed by atoms with Gasteiger partial charge in [-0.2, -0.15) is 0 Å². The molecule has 2 aromatic rings. The summed E-state index contributed by atoms with van der Waals surface area (Å²) in [4.78, 5) is 12.6. The van der Waals surface area contributed by atoms with Crippen molar-refractivity contribution in [1.29, 1.82) is 0 Å². The third-order valence-electron chi connectivity index (χ3n) is 4.23. The van der Waals surface area contributed by atoms with Crippen molar-refractivity contribution in [3.63, 3.8) is 0 Å². The molecule has 0 saturated carbocycles. The van der Waals surface area contributed by atoms with E-state index in [0.29, 0.717) is 5.78 Å². The van der Waals surface area contributed by atoms with E-state index in [9.17, 15) is 4.79 Å². The van der Waals surface area contributed by atoms with Crippen LogP contribution in [0.1, 0.15) is 42.7 Å². The van der Waals surface area contributed by atoms with E-state index in [1.54, 1.807) is 0 Å². The molecule has 18 heavy (non-hydrogen) atoms. The van der Waals surface area contributed by atoms with Crippen LogP contribution in [0.15, 0.2) is 24.3 Å². The van der Waals surface area contributed by atoms with Crippen LogP contribution in [0.3, 0.4) is 0 Å². The topological polar surface area (TPSA) is 22.0 Å². The number of carbonyl (C=O) groups is 1. The summed E-state index contributed by atoms with van der Waals surface area (Å²) in [6.07, 6.45) is 3.02. The Balaban J connectivity index is 2.31. The van der Waals surface area contributed by atoms with Crippen molar-refractivity contribution in [2.45, 2.75) is 39.7 Å². The lowest BCUT2D eigenvalue weighted by molar-refractivity contribution is 0.0899. The maximum atomic E-state index is 12.6. The molecule has 0 N–H and O–H groups in total. The van der Waals surface area contributed by atoms with Gasteiger partial charge < -0.3 is 4.57 Å². The van der Waals surface area contributed by atoms with E-state index < -0.39 is 0 Å². The molecule has 1 unspecified atom stereocenters. The number of fused-ring (bicyclic) bond motifs is 3. The maximum absolute atomic E-state index is 12.6. The van der Waals surface area contributed by atoms with Crippen LogP contribution in [0.5, 0.6) is 0 Å². The molecular formula is C16H19NO. The smallest absolute Gasteiger partial charge is 0.168 e. The van der Waals surface area contributed by atoms with E-state index in [4.69, 9.17) is 0 Å². The molecule has 2 heteroatoms. The number of Topliss-reactive ketones (excluding diaryl/α,β-unsaturated/α-hetero) is 1. The third kappa shape index (κ3) is 1.45. The molecule has 1 aromatic carbocycles. The minimum absolute atomic E-state index is 0.230. The Morgan fingerprint density at radius 2 is 2.06 bits per heavy atom. The molecule has 1 heterocycles. The zero-order valence-electron chi connectivity index (χ0n) is 11.1. The fourth-order valence-electron chi connectivity index (χ4n) is 3.29. The number of nitrogens with zero attached hydrogens (tertiary/aromatic N) is 1. The first kappa shape index (κ1) is 11.5. The van der Waals surface area contributed by atoms with Gasteiger partial charge in [0.05, 0.1) is 0 Å². The first-order valence-corrected chi connectivity index (χ1v) is 6.92. The lowest BCUT2D eigenvalue weighted by Crippen LogP contribution is -2.22. The first-order valence-electron chi connectivity index (χ1n) is 6.92. The van der Waals surface area contributed by atoms with Gasteiger partial charge in [-0.3, -0.25) is 4.79 Å². The largest absolute Gasteiger partial charge is 0.344 e. The van der Waals surface area contributed by atoms with Crippen LogP contribution in [0.2, 0.25) is 0 Å². The van der Waals surface area contributed by atoms with Crippen LogP contribution in [-0.2, 0) is 13.0 Å². The quantitative estimate of drug-likeness (QED) is 0.783. The molecule has 0 radical (unpaired) electrons. The number of carbonyl (C=O) groups excluding carboxylic acids is 1. The van der Waals surface area contributed by atoms with Gasteiger partial charge in [-0.1, -0.05) is 25.1 Å². The van der Waals surface area contributed by atoms with E-state index in [1.165, 1.54) is 11.2 Å². The molecule has 0 bridgehead atoms. The fourth-order valence-corrected chi connectivity index (χ4v) is 3.29. The second-order valence-electron chi connectivity index (χ2n) is 5.09. The Bertz CT molecular complexity index is 609. The van der Waals surface area contributed by atoms with Crippen LogP contribution in [0.25, 0.3) is 10.9 Å². The van der Waals surface area contributed by atoms with Crippen LogP contribution >= 0.6 is 0 Å². The van der Waals surface area contributed by atoms with Crippen LogP contribution in [0.4, 0.5) is 0 Å². The van der Waals surface area contributed by atoms with E-state index in [0.717, 1.165) is 36.8 Å². The summed E-state index contributed by atoms with van der Waals surface area (Å²) < 4.78 is 2.31. The highest BCUT2D eigenvalue weighted by molar-refractivity contribution is 6.11. The second kappa shape index (κ2) is 4.27. The number of rotatable bonds is 2. The van der Waals surface area contributed by atoms with Gasteiger partial charge in [0.2, 0.25) is 0 Å². The Kier molecular flexibility index (Phi) is 2.73.